The van der Waals surface area contributed by atoms with Gasteiger partial charge in [0, 0.05) is 36.3 Å². The number of aliphatic hydroxyl groups is 1. The topological polar surface area (TPSA) is 179 Å². The average molecular weight is 996 g/mol. The Morgan fingerprint density at radius 1 is 0.762 bits per heavy atom. The molecule has 3 N–H and O–H groups in total. The first-order valence-electron chi connectivity index (χ1n) is 21.4. The van der Waals surface area contributed by atoms with Crippen molar-refractivity contribution in [3.8, 4) is 28.4 Å². The number of carbonyl (C=O) groups is 1. The third-order valence-corrected chi connectivity index (χ3v) is 9.83. The van der Waals surface area contributed by atoms with Gasteiger partial charge < -0.3 is 67.3 Å². The average Bonchev–Trinajstić information content (AvgIpc) is 3.69. The highest BCUT2D eigenvalue weighted by Gasteiger charge is 2.23. The Hall–Kier alpha value is -3.63. The molecular weight excluding hydrogens is 929 g/mol. The second kappa shape index (κ2) is 27.6. The van der Waals surface area contributed by atoms with Crippen LogP contribution in [0.5, 0.6) is 17.2 Å². The monoisotopic (exact) mass is 995 g/mol. The number of aromatic amines is 1. The Bertz CT molecular complexity index is 2020. The van der Waals surface area contributed by atoms with E-state index in [0.717, 1.165) is 11.1 Å². The summed E-state index contributed by atoms with van der Waals surface area (Å²) in [6.45, 7) is 19.2. The Kier molecular flexibility index (Phi) is 22.8. The van der Waals surface area contributed by atoms with Crippen molar-refractivity contribution in [1.29, 1.82) is 0 Å². The number of fused-ring (bicyclic) bond motifs is 1. The second-order valence-corrected chi connectivity index (χ2v) is 16.9. The maximum atomic E-state index is 13.2. The number of ether oxygens (including phenoxy) is 10. The van der Waals surface area contributed by atoms with Crippen molar-refractivity contribution < 1.29 is 57.3 Å². The molecule has 0 aliphatic carbocycles. The van der Waals surface area contributed by atoms with Gasteiger partial charge in [-0.1, -0.05) is 28.7 Å². The fourth-order valence-electron chi connectivity index (χ4n) is 6.31. The van der Waals surface area contributed by atoms with Crippen LogP contribution in [-0.4, -0.2) is 137 Å². The van der Waals surface area contributed by atoms with E-state index in [0.29, 0.717) is 157 Å². The third kappa shape index (κ3) is 17.7. The summed E-state index contributed by atoms with van der Waals surface area (Å²) >= 11 is 2.21. The molecule has 1 atom stereocenters. The number of nitrogens with zero attached hydrogens (tertiary/aromatic N) is 1. The largest absolute Gasteiger partial charge is 0.491 e. The summed E-state index contributed by atoms with van der Waals surface area (Å²) in [7, 11) is 1.66. The van der Waals surface area contributed by atoms with Gasteiger partial charge in [0.1, 0.15) is 39.2 Å². The maximum Gasteiger partial charge on any atom is 0.274 e. The number of rotatable bonds is 32. The highest BCUT2D eigenvalue weighted by atomic mass is 127. The Morgan fingerprint density at radius 3 is 1.73 bits per heavy atom. The van der Waals surface area contributed by atoms with Crippen LogP contribution in [0.25, 0.3) is 22.0 Å². The molecular formula is C46H66IN3O13. The van der Waals surface area contributed by atoms with E-state index in [-0.39, 0.29) is 21.3 Å². The van der Waals surface area contributed by atoms with E-state index < -0.39 is 5.60 Å². The van der Waals surface area contributed by atoms with E-state index in [9.17, 15) is 14.7 Å². The minimum Gasteiger partial charge on any atom is -0.491 e. The molecule has 2 aromatic heterocycles. The molecule has 2 aromatic carbocycles. The minimum absolute atomic E-state index is 0.185. The van der Waals surface area contributed by atoms with Gasteiger partial charge in [-0.3, -0.25) is 9.59 Å². The number of aromatic nitrogens is 2. The van der Waals surface area contributed by atoms with Gasteiger partial charge in [0.25, 0.3) is 11.5 Å². The number of carbonyl (C=O) groups excluding carboxylic acids is 1. The summed E-state index contributed by atoms with van der Waals surface area (Å²) in [6, 6.07) is 11.0. The minimum atomic E-state index is -1.15. The molecule has 0 bridgehead atoms. The number of hydrogen-bond acceptors (Lipinski definition) is 13. The zero-order valence-corrected chi connectivity index (χ0v) is 40.0. The number of alkyl halides is 1. The standard InChI is InChI=1S/C46H66IN3O13/c1-8-48-44(51)40-30-38-39(31-50(7)45(52)42(38)49-40)37-29-35(46(5,6)53)9-10-41(37)63-43-32(2)27-36(28-33(43)3)62-26-24-60-22-20-58-18-16-56-14-12-54-11-13-55-15-17-57-19-21-59-23-25-61-34(4)47/h9-10,27-31,34,49,53H,8,11-26H2,1-7H3,(H,48,51)/t34-/m1/s1. The summed E-state index contributed by atoms with van der Waals surface area (Å²) < 4.78 is 58.5. The number of amides is 1. The zero-order valence-electron chi connectivity index (χ0n) is 37.8. The first-order valence-corrected chi connectivity index (χ1v) is 22.6. The van der Waals surface area contributed by atoms with Gasteiger partial charge in [-0.05, 0) is 88.6 Å². The number of H-pyrrole nitrogens is 1. The van der Waals surface area contributed by atoms with Crippen molar-refractivity contribution in [1.82, 2.24) is 14.9 Å². The van der Waals surface area contributed by atoms with Crippen LogP contribution in [0.3, 0.4) is 0 Å². The fraction of sp³-hybridized carbons (Fsp3) is 0.565. The molecule has 0 aliphatic heterocycles. The van der Waals surface area contributed by atoms with Gasteiger partial charge in [0.15, 0.2) is 0 Å². The van der Waals surface area contributed by atoms with Gasteiger partial charge in [0.2, 0.25) is 0 Å². The molecule has 1 amide bonds. The van der Waals surface area contributed by atoms with Gasteiger partial charge in [-0.15, -0.1) is 0 Å². The van der Waals surface area contributed by atoms with Crippen molar-refractivity contribution in [2.75, 3.05) is 112 Å². The van der Waals surface area contributed by atoms with Crippen LogP contribution in [0.15, 0.2) is 47.4 Å². The number of hydrogen-bond donors (Lipinski definition) is 3. The number of halogens is 1. The van der Waals surface area contributed by atoms with E-state index in [1.54, 1.807) is 33.2 Å². The van der Waals surface area contributed by atoms with Crippen molar-refractivity contribution >= 4 is 39.4 Å². The quantitative estimate of drug-likeness (QED) is 0.0286. The molecule has 0 aliphatic rings. The van der Waals surface area contributed by atoms with Gasteiger partial charge in [-0.2, -0.15) is 0 Å². The molecule has 4 aromatic rings. The van der Waals surface area contributed by atoms with Crippen LogP contribution in [0.1, 0.15) is 54.9 Å². The number of benzene rings is 2. The lowest BCUT2D eigenvalue weighted by Gasteiger charge is -2.22. The molecule has 0 spiro atoms. The van der Waals surface area contributed by atoms with E-state index in [1.165, 1.54) is 4.57 Å². The highest BCUT2D eigenvalue weighted by molar-refractivity contribution is 14.1. The van der Waals surface area contributed by atoms with E-state index in [4.69, 9.17) is 47.4 Å². The summed E-state index contributed by atoms with van der Waals surface area (Å²) in [5.41, 5.74) is 2.80. The van der Waals surface area contributed by atoms with Crippen molar-refractivity contribution in [3.05, 3.63) is 75.3 Å². The van der Waals surface area contributed by atoms with E-state index >= 15 is 0 Å². The van der Waals surface area contributed by atoms with Gasteiger partial charge in [-0.25, -0.2) is 0 Å². The lowest BCUT2D eigenvalue weighted by atomic mass is 9.93. The molecule has 350 valence electrons. The Morgan fingerprint density at radius 2 is 1.25 bits per heavy atom. The van der Waals surface area contributed by atoms with Crippen LogP contribution >= 0.6 is 22.6 Å². The molecule has 4 rings (SSSR count). The van der Waals surface area contributed by atoms with Crippen LogP contribution < -0.4 is 20.3 Å². The summed E-state index contributed by atoms with van der Waals surface area (Å²) in [5.74, 6) is 1.52. The molecule has 16 nitrogen and oxygen atoms in total. The van der Waals surface area contributed by atoms with Gasteiger partial charge in [0.05, 0.1) is 105 Å². The predicted molar refractivity (Wildman–Crippen MR) is 249 cm³/mol. The molecule has 0 radical (unpaired) electrons. The van der Waals surface area contributed by atoms with Crippen LogP contribution in [0.2, 0.25) is 0 Å². The predicted octanol–water partition coefficient (Wildman–Crippen LogP) is 6.21. The zero-order chi connectivity index (χ0) is 45.6. The smallest absolute Gasteiger partial charge is 0.274 e. The Labute approximate surface area is 384 Å². The normalized spacial score (nSPS) is 12.3. The summed E-state index contributed by atoms with van der Waals surface area (Å²) in [4.78, 5) is 29.0. The molecule has 0 unspecified atom stereocenters. The first-order chi connectivity index (χ1) is 30.3. The lowest BCUT2D eigenvalue weighted by Crippen LogP contribution is -2.23. The SMILES string of the molecule is CCNC(=O)c1cc2c(-c3cc(C(C)(C)O)ccc3Oc3c(C)cc(OCCOCCOCCOCCOCCOCCOCCOCCO[C@H](C)I)cc3C)cn(C)c(=O)c2[nH]1. The first kappa shape index (κ1) is 52.0. The number of aryl methyl sites for hydroxylation is 3. The molecule has 0 saturated carbocycles. The third-order valence-electron chi connectivity index (χ3n) is 9.47. The van der Waals surface area contributed by atoms with Crippen molar-refractivity contribution in [3.63, 3.8) is 0 Å². The van der Waals surface area contributed by atoms with E-state index in [1.807, 2.05) is 58.0 Å². The van der Waals surface area contributed by atoms with Crippen LogP contribution in [0.4, 0.5) is 0 Å². The molecule has 2 heterocycles. The molecule has 0 saturated heterocycles. The lowest BCUT2D eigenvalue weighted by molar-refractivity contribution is -0.0236. The van der Waals surface area contributed by atoms with Gasteiger partial charge >= 0.3 is 0 Å². The maximum absolute atomic E-state index is 13.2. The van der Waals surface area contributed by atoms with Crippen molar-refractivity contribution in [2.45, 2.75) is 51.3 Å². The summed E-state index contributed by atoms with van der Waals surface area (Å²) in [5, 5.41) is 14.3. The Balaban J connectivity index is 1.14. The molecule has 63 heavy (non-hydrogen) atoms. The number of pyridine rings is 1. The molecule has 0 fully saturated rings. The van der Waals surface area contributed by atoms with Crippen LogP contribution in [0, 0.1) is 13.8 Å². The number of nitrogens with one attached hydrogen (secondary N) is 2. The highest BCUT2D eigenvalue weighted by Crippen LogP contribution is 2.41. The second-order valence-electron chi connectivity index (χ2n) is 15.1. The van der Waals surface area contributed by atoms with Crippen LogP contribution in [-0.2, 0) is 50.5 Å². The summed E-state index contributed by atoms with van der Waals surface area (Å²) in [6.07, 6.45) is 1.72. The van der Waals surface area contributed by atoms with E-state index in [2.05, 4.69) is 32.9 Å². The van der Waals surface area contributed by atoms with Crippen molar-refractivity contribution in [2.24, 2.45) is 7.05 Å². The molecule has 17 heteroatoms. The fourth-order valence-corrected chi connectivity index (χ4v) is 6.57.